The van der Waals surface area contributed by atoms with E-state index in [0.717, 1.165) is 11.6 Å². The van der Waals surface area contributed by atoms with E-state index in [4.69, 9.17) is 9.92 Å². The molecule has 0 radical (unpaired) electrons. The first-order chi connectivity index (χ1) is 21.6. The van der Waals surface area contributed by atoms with Gasteiger partial charge in [0.15, 0.2) is 21.5 Å². The molecule has 1 heterocycles. The Hall–Kier alpha value is -3.79. The topological polar surface area (TPSA) is 153 Å². The Morgan fingerprint density at radius 2 is 1.50 bits per heavy atom. The second-order valence-electron chi connectivity index (χ2n) is 11.1. The van der Waals surface area contributed by atoms with Crippen LogP contribution < -0.4 is 11.1 Å². The number of carbonyl (C=O) groups is 2. The van der Waals surface area contributed by atoms with Gasteiger partial charge in [-0.05, 0) is 80.1 Å². The number of aryl methyl sites for hydroxylation is 1. The van der Waals surface area contributed by atoms with Crippen LogP contribution in [0, 0.1) is 30.3 Å². The summed E-state index contributed by atoms with van der Waals surface area (Å²) in [7, 11) is -7.99. The summed E-state index contributed by atoms with van der Waals surface area (Å²) < 4.78 is 95.8. The third kappa shape index (κ3) is 9.15. The summed E-state index contributed by atoms with van der Waals surface area (Å²) in [5.74, 6) is -4.97. The highest BCUT2D eigenvalue weighted by atomic mass is 32.2. The second-order valence-corrected chi connectivity index (χ2v) is 14.8. The number of hydrogen-bond donors (Lipinski definition) is 2. The first kappa shape index (κ1) is 35.1. The molecular weight excluding hydrogens is 647 g/mol. The lowest BCUT2D eigenvalue weighted by Gasteiger charge is -2.35. The zero-order valence-corrected chi connectivity index (χ0v) is 26.6. The maximum atomic E-state index is 14.0. The number of nitrogens with one attached hydrogen (secondary N) is 1. The van der Waals surface area contributed by atoms with E-state index in [1.807, 2.05) is 0 Å². The molecule has 1 atom stereocenters. The summed E-state index contributed by atoms with van der Waals surface area (Å²) in [6, 6.07) is 11.9. The van der Waals surface area contributed by atoms with E-state index in [-0.39, 0.29) is 45.7 Å². The molecule has 3 aromatic rings. The van der Waals surface area contributed by atoms with Gasteiger partial charge in [-0.25, -0.2) is 21.6 Å². The Balaban J connectivity index is 1.22. The largest absolute Gasteiger partial charge is 0.343 e. The highest BCUT2D eigenvalue weighted by Crippen LogP contribution is 2.25. The van der Waals surface area contributed by atoms with Gasteiger partial charge in [0.1, 0.15) is 12.4 Å². The number of benzene rings is 3. The van der Waals surface area contributed by atoms with Crippen LogP contribution in [-0.4, -0.2) is 65.0 Å². The molecule has 15 heteroatoms. The summed E-state index contributed by atoms with van der Waals surface area (Å²) in [5, 5.41) is 2.44. The molecule has 1 fully saturated rings. The average Bonchev–Trinajstić information content (AvgIpc) is 3.02. The normalized spacial score (nSPS) is 15.0. The lowest BCUT2D eigenvalue weighted by Crippen LogP contribution is -2.44. The zero-order valence-electron chi connectivity index (χ0n) is 24.9. The van der Waals surface area contributed by atoms with Gasteiger partial charge in [0, 0.05) is 37.3 Å². The number of halogens is 3. The van der Waals surface area contributed by atoms with Gasteiger partial charge in [-0.2, -0.15) is 8.42 Å². The molecule has 4 rings (SSSR count). The van der Waals surface area contributed by atoms with Crippen molar-refractivity contribution in [2.75, 3.05) is 30.8 Å². The number of likely N-dealkylation sites (tertiary alicyclic amines) is 1. The van der Waals surface area contributed by atoms with Crippen LogP contribution in [0.15, 0.2) is 70.5 Å². The summed E-state index contributed by atoms with van der Waals surface area (Å²) >= 11 is 0. The monoisotopic (exact) mass is 681 g/mol. The van der Waals surface area contributed by atoms with Crippen molar-refractivity contribution in [3.63, 3.8) is 0 Å². The molecule has 0 aliphatic carbocycles. The van der Waals surface area contributed by atoms with Gasteiger partial charge in [0.25, 0.3) is 16.0 Å². The van der Waals surface area contributed by atoms with Gasteiger partial charge in [-0.15, -0.1) is 0 Å². The van der Waals surface area contributed by atoms with Crippen molar-refractivity contribution in [1.82, 2.24) is 4.90 Å². The van der Waals surface area contributed by atoms with Crippen molar-refractivity contribution in [1.29, 1.82) is 0 Å². The molecular formula is C31H34F3N3O7S2. The number of nitrogens with two attached hydrogens (primary N) is 1. The average molecular weight is 682 g/mol. The molecule has 3 aromatic carbocycles. The van der Waals surface area contributed by atoms with Gasteiger partial charge < -0.3 is 16.0 Å². The minimum Gasteiger partial charge on any atom is -0.343 e. The number of anilines is 1. The highest BCUT2D eigenvalue weighted by molar-refractivity contribution is 7.91. The molecule has 1 aliphatic rings. The van der Waals surface area contributed by atoms with Crippen LogP contribution in [0.1, 0.15) is 30.4 Å². The van der Waals surface area contributed by atoms with E-state index in [9.17, 15) is 39.6 Å². The molecule has 0 saturated carbocycles. The van der Waals surface area contributed by atoms with E-state index in [0.29, 0.717) is 32.0 Å². The minimum absolute atomic E-state index is 0.00602. The number of sulfone groups is 1. The van der Waals surface area contributed by atoms with E-state index in [1.165, 1.54) is 41.3 Å². The number of carbonyl (C=O) groups excluding carboxylic acids is 2. The molecule has 1 saturated heterocycles. The molecule has 0 bridgehead atoms. The van der Waals surface area contributed by atoms with Crippen molar-refractivity contribution in [2.24, 2.45) is 11.7 Å². The maximum Gasteiger partial charge on any atom is 0.297 e. The van der Waals surface area contributed by atoms with Crippen molar-refractivity contribution >= 4 is 37.5 Å². The van der Waals surface area contributed by atoms with Crippen LogP contribution in [0.25, 0.3) is 0 Å². The van der Waals surface area contributed by atoms with E-state index < -0.39 is 61.7 Å². The predicted molar refractivity (Wildman–Crippen MR) is 163 cm³/mol. The third-order valence-electron chi connectivity index (χ3n) is 7.78. The number of hydrogen-bond acceptors (Lipinski definition) is 8. The Morgan fingerprint density at radius 1 is 0.913 bits per heavy atom. The van der Waals surface area contributed by atoms with Gasteiger partial charge in [-0.1, -0.05) is 17.7 Å². The van der Waals surface area contributed by atoms with E-state index in [2.05, 4.69) is 5.32 Å². The molecule has 3 N–H and O–H groups in total. The lowest BCUT2D eigenvalue weighted by molar-refractivity contribution is -0.132. The molecule has 1 aliphatic heterocycles. The minimum atomic E-state index is -4.15. The fraction of sp³-hybridized carbons (Fsp3) is 0.355. The van der Waals surface area contributed by atoms with Crippen LogP contribution in [0.4, 0.5) is 18.9 Å². The van der Waals surface area contributed by atoms with Crippen molar-refractivity contribution < 1.29 is 43.8 Å². The quantitative estimate of drug-likeness (QED) is 0.217. The summed E-state index contributed by atoms with van der Waals surface area (Å²) in [6.45, 7) is 1.65. The Kier molecular flexibility index (Phi) is 11.2. The van der Waals surface area contributed by atoms with Crippen LogP contribution >= 0.6 is 0 Å². The zero-order chi connectivity index (χ0) is 33.6. The maximum absolute atomic E-state index is 14.0. The van der Waals surface area contributed by atoms with Gasteiger partial charge in [0.2, 0.25) is 5.91 Å². The Bertz CT molecular complexity index is 1780. The molecule has 0 aromatic heterocycles. The van der Waals surface area contributed by atoms with Crippen LogP contribution in [0.3, 0.4) is 0 Å². The molecule has 0 spiro atoms. The summed E-state index contributed by atoms with van der Waals surface area (Å²) in [6.07, 6.45) is 0.721. The Morgan fingerprint density at radius 3 is 2.13 bits per heavy atom. The van der Waals surface area contributed by atoms with Gasteiger partial charge >= 0.3 is 0 Å². The number of piperidine rings is 1. The van der Waals surface area contributed by atoms with E-state index in [1.54, 1.807) is 19.1 Å². The molecule has 10 nitrogen and oxygen atoms in total. The van der Waals surface area contributed by atoms with Crippen molar-refractivity contribution in [3.05, 3.63) is 89.2 Å². The van der Waals surface area contributed by atoms with Crippen molar-refractivity contribution in [3.8, 4) is 0 Å². The predicted octanol–water partition coefficient (Wildman–Crippen LogP) is 3.73. The third-order valence-corrected chi connectivity index (χ3v) is 10.8. The molecule has 46 heavy (non-hydrogen) atoms. The second kappa shape index (κ2) is 14.8. The fourth-order valence-corrected chi connectivity index (χ4v) is 7.16. The molecule has 2 amide bonds. The van der Waals surface area contributed by atoms with Crippen LogP contribution in [0.5, 0.6) is 0 Å². The van der Waals surface area contributed by atoms with E-state index >= 15 is 0 Å². The van der Waals surface area contributed by atoms with Crippen LogP contribution in [0.2, 0.25) is 0 Å². The number of nitrogens with zero attached hydrogens (tertiary/aromatic N) is 1. The number of amides is 2. The van der Waals surface area contributed by atoms with Gasteiger partial charge in [0.05, 0.1) is 15.5 Å². The summed E-state index contributed by atoms with van der Waals surface area (Å²) in [5.41, 5.74) is 7.26. The van der Waals surface area contributed by atoms with Crippen molar-refractivity contribution in [2.45, 2.75) is 48.4 Å². The smallest absolute Gasteiger partial charge is 0.297 e. The molecule has 248 valence electrons. The SMILES string of the molecule is Cc1ccc(S(=O)(=O)OCC(=O)Nc2ccc(S(=O)(=O)CCC(=O)N3CCC([C@H](N)Cc4cc(F)c(F)cc4F)CC3)cc2)cc1. The first-order valence-corrected chi connectivity index (χ1v) is 17.5. The highest BCUT2D eigenvalue weighted by Gasteiger charge is 2.28. The van der Waals surface area contributed by atoms with Crippen LogP contribution in [-0.2, 0) is 40.1 Å². The summed E-state index contributed by atoms with van der Waals surface area (Å²) in [4.78, 5) is 26.4. The lowest BCUT2D eigenvalue weighted by atomic mass is 9.86. The van der Waals surface area contributed by atoms with Gasteiger partial charge in [-0.3, -0.25) is 13.8 Å². The number of rotatable bonds is 12. The first-order valence-electron chi connectivity index (χ1n) is 14.4. The standard InChI is InChI=1S/C31H34F3N3O7S2/c1-20-2-6-25(7-3-20)46(42,43)44-19-30(38)36-23-4-8-24(9-5-23)45(40,41)15-12-31(39)37-13-10-21(11-14-37)29(35)17-22-16-27(33)28(34)18-26(22)32/h2-9,16,18,21,29H,10-15,17,19,35H2,1H3,(H,36,38)/t29-/m1/s1. The fourth-order valence-electron chi connectivity index (χ4n) is 5.06. The Labute approximate surface area is 265 Å². The molecule has 0 unspecified atom stereocenters.